The van der Waals surface area contributed by atoms with Crippen LogP contribution in [0.1, 0.15) is 32.6 Å². The first kappa shape index (κ1) is 14.8. The highest BCUT2D eigenvalue weighted by Gasteiger charge is 2.35. The van der Waals surface area contributed by atoms with Crippen molar-refractivity contribution in [2.45, 2.75) is 44.7 Å². The molecule has 1 aromatic rings. The highest BCUT2D eigenvalue weighted by atomic mass is 35.5. The zero-order chi connectivity index (χ0) is 14.8. The third kappa shape index (κ3) is 3.21. The molecule has 3 rings (SSSR count). The lowest BCUT2D eigenvalue weighted by molar-refractivity contribution is 0.254. The van der Waals surface area contributed by atoms with Crippen molar-refractivity contribution in [3.8, 4) is 6.01 Å². The monoisotopic (exact) mass is 311 g/mol. The van der Waals surface area contributed by atoms with Crippen molar-refractivity contribution in [3.05, 3.63) is 5.28 Å². The Bertz CT molecular complexity index is 500. The van der Waals surface area contributed by atoms with E-state index in [1.165, 1.54) is 12.8 Å². The Balaban J connectivity index is 1.78. The van der Waals surface area contributed by atoms with Crippen LogP contribution in [0.4, 0.5) is 5.95 Å². The summed E-state index contributed by atoms with van der Waals surface area (Å²) in [7, 11) is 2.22. The molecule has 0 saturated carbocycles. The van der Waals surface area contributed by atoms with Crippen molar-refractivity contribution >= 4 is 17.5 Å². The van der Waals surface area contributed by atoms with Crippen molar-refractivity contribution in [3.63, 3.8) is 0 Å². The van der Waals surface area contributed by atoms with Crippen molar-refractivity contribution in [1.29, 1.82) is 0 Å². The summed E-state index contributed by atoms with van der Waals surface area (Å²) in [5.74, 6) is 0.641. The quantitative estimate of drug-likeness (QED) is 0.847. The molecule has 0 aromatic carbocycles. The standard InChI is InChI=1S/C14H22ClN5O/c1-3-8-21-14-17-12(15)16-13(18-14)20-7-6-10-4-5-11(9-20)19(10)2/h10-11H,3-9H2,1-2H3. The smallest absolute Gasteiger partial charge is 0.322 e. The van der Waals surface area contributed by atoms with Gasteiger partial charge >= 0.3 is 6.01 Å². The van der Waals surface area contributed by atoms with Crippen molar-refractivity contribution < 1.29 is 4.74 Å². The van der Waals surface area contributed by atoms with E-state index in [1.54, 1.807) is 0 Å². The number of hydrogen-bond acceptors (Lipinski definition) is 6. The molecular weight excluding hydrogens is 290 g/mol. The van der Waals surface area contributed by atoms with Crippen LogP contribution >= 0.6 is 11.6 Å². The van der Waals surface area contributed by atoms with E-state index in [2.05, 4.69) is 31.8 Å². The number of likely N-dealkylation sites (N-methyl/N-ethyl adjacent to an activating group) is 1. The molecule has 1 aromatic heterocycles. The third-order valence-corrected chi connectivity index (χ3v) is 4.61. The molecule has 21 heavy (non-hydrogen) atoms. The Morgan fingerprint density at radius 3 is 2.81 bits per heavy atom. The van der Waals surface area contributed by atoms with Crippen LogP contribution in [-0.4, -0.2) is 58.7 Å². The number of aromatic nitrogens is 3. The van der Waals surface area contributed by atoms with E-state index < -0.39 is 0 Å². The van der Waals surface area contributed by atoms with E-state index in [0.29, 0.717) is 30.6 Å². The van der Waals surface area contributed by atoms with Gasteiger partial charge in [-0.1, -0.05) is 6.92 Å². The third-order valence-electron chi connectivity index (χ3n) is 4.44. The normalized spacial score (nSPS) is 26.0. The predicted octanol–water partition coefficient (Wildman–Crippen LogP) is 1.99. The van der Waals surface area contributed by atoms with E-state index in [9.17, 15) is 0 Å². The number of ether oxygens (including phenoxy) is 1. The summed E-state index contributed by atoms with van der Waals surface area (Å²) in [5.41, 5.74) is 0. The Morgan fingerprint density at radius 1 is 1.19 bits per heavy atom. The first-order valence-electron chi connectivity index (χ1n) is 7.68. The van der Waals surface area contributed by atoms with Gasteiger partial charge in [-0.25, -0.2) is 0 Å². The number of fused-ring (bicyclic) bond motifs is 2. The minimum absolute atomic E-state index is 0.203. The fraction of sp³-hybridized carbons (Fsp3) is 0.786. The first-order chi connectivity index (χ1) is 10.2. The van der Waals surface area contributed by atoms with Crippen LogP contribution in [0.15, 0.2) is 0 Å². The number of anilines is 1. The first-order valence-corrected chi connectivity index (χ1v) is 8.06. The predicted molar refractivity (Wildman–Crippen MR) is 82.0 cm³/mol. The van der Waals surface area contributed by atoms with Gasteiger partial charge in [0.15, 0.2) is 0 Å². The van der Waals surface area contributed by atoms with Gasteiger partial charge in [-0.05, 0) is 44.3 Å². The number of halogens is 1. The molecule has 2 unspecified atom stereocenters. The zero-order valence-electron chi connectivity index (χ0n) is 12.6. The van der Waals surface area contributed by atoms with E-state index in [4.69, 9.17) is 16.3 Å². The summed E-state index contributed by atoms with van der Waals surface area (Å²) < 4.78 is 5.50. The average molecular weight is 312 g/mol. The summed E-state index contributed by atoms with van der Waals surface area (Å²) in [5, 5.41) is 0.203. The largest absolute Gasteiger partial charge is 0.463 e. The van der Waals surface area contributed by atoms with Crippen LogP contribution < -0.4 is 9.64 Å². The average Bonchev–Trinajstić information content (AvgIpc) is 2.69. The van der Waals surface area contributed by atoms with E-state index in [-0.39, 0.29) is 5.28 Å². The minimum Gasteiger partial charge on any atom is -0.463 e. The second kappa shape index (κ2) is 6.32. The molecule has 2 atom stereocenters. The molecule has 6 nitrogen and oxygen atoms in total. The SMILES string of the molecule is CCCOc1nc(Cl)nc(N2CCC3CCC(C2)N3C)n1. The minimum atomic E-state index is 0.203. The molecule has 0 amide bonds. The fourth-order valence-electron chi connectivity index (χ4n) is 3.21. The summed E-state index contributed by atoms with van der Waals surface area (Å²) in [6.45, 7) is 4.54. The van der Waals surface area contributed by atoms with Gasteiger partial charge in [-0.15, -0.1) is 0 Å². The van der Waals surface area contributed by atoms with Crippen LogP contribution in [0.5, 0.6) is 6.01 Å². The number of rotatable bonds is 4. The molecule has 0 aliphatic carbocycles. The molecule has 2 bridgehead atoms. The van der Waals surface area contributed by atoms with Gasteiger partial charge in [0.2, 0.25) is 11.2 Å². The van der Waals surface area contributed by atoms with Crippen LogP contribution in [0.3, 0.4) is 0 Å². The Morgan fingerprint density at radius 2 is 2.00 bits per heavy atom. The Labute approximate surface area is 130 Å². The topological polar surface area (TPSA) is 54.4 Å². The highest BCUT2D eigenvalue weighted by Crippen LogP contribution is 2.30. The lowest BCUT2D eigenvalue weighted by Gasteiger charge is -2.25. The van der Waals surface area contributed by atoms with Gasteiger partial charge < -0.3 is 9.64 Å². The van der Waals surface area contributed by atoms with Crippen LogP contribution in [0.25, 0.3) is 0 Å². The second-order valence-electron chi connectivity index (χ2n) is 5.82. The number of nitrogens with zero attached hydrogens (tertiary/aromatic N) is 5. The zero-order valence-corrected chi connectivity index (χ0v) is 13.4. The highest BCUT2D eigenvalue weighted by molar-refractivity contribution is 6.28. The van der Waals surface area contributed by atoms with Crippen molar-refractivity contribution in [2.75, 3.05) is 31.6 Å². The summed E-state index contributed by atoms with van der Waals surface area (Å²) in [6, 6.07) is 1.59. The van der Waals surface area contributed by atoms with Gasteiger partial charge in [-0.3, -0.25) is 4.90 Å². The molecule has 116 valence electrons. The maximum atomic E-state index is 6.02. The summed E-state index contributed by atoms with van der Waals surface area (Å²) in [4.78, 5) is 17.5. The molecule has 2 fully saturated rings. The van der Waals surface area contributed by atoms with Crippen molar-refractivity contribution in [1.82, 2.24) is 19.9 Å². The van der Waals surface area contributed by atoms with E-state index in [1.807, 2.05) is 6.92 Å². The molecule has 7 heteroatoms. The maximum absolute atomic E-state index is 6.02. The lowest BCUT2D eigenvalue weighted by atomic mass is 10.1. The molecule has 0 spiro atoms. The van der Waals surface area contributed by atoms with Crippen LogP contribution in [-0.2, 0) is 0 Å². The Hall–Kier alpha value is -1.14. The van der Waals surface area contributed by atoms with Crippen LogP contribution in [0, 0.1) is 0 Å². The molecule has 0 N–H and O–H groups in total. The number of hydrogen-bond donors (Lipinski definition) is 0. The fourth-order valence-corrected chi connectivity index (χ4v) is 3.36. The lowest BCUT2D eigenvalue weighted by Crippen LogP contribution is -2.37. The van der Waals surface area contributed by atoms with Gasteiger partial charge in [0.25, 0.3) is 0 Å². The molecular formula is C14H22ClN5O. The van der Waals surface area contributed by atoms with Gasteiger partial charge in [-0.2, -0.15) is 15.0 Å². The van der Waals surface area contributed by atoms with Crippen LogP contribution in [0.2, 0.25) is 5.28 Å². The maximum Gasteiger partial charge on any atom is 0.322 e. The summed E-state index contributed by atoms with van der Waals surface area (Å²) >= 11 is 6.02. The van der Waals surface area contributed by atoms with Gasteiger partial charge in [0.1, 0.15) is 0 Å². The molecule has 2 saturated heterocycles. The summed E-state index contributed by atoms with van der Waals surface area (Å²) in [6.07, 6.45) is 4.60. The molecule has 2 aliphatic heterocycles. The van der Waals surface area contributed by atoms with Gasteiger partial charge in [0.05, 0.1) is 6.61 Å². The van der Waals surface area contributed by atoms with Gasteiger partial charge in [0, 0.05) is 25.2 Å². The Kier molecular flexibility index (Phi) is 4.45. The molecule has 0 radical (unpaired) electrons. The van der Waals surface area contributed by atoms with E-state index >= 15 is 0 Å². The van der Waals surface area contributed by atoms with E-state index in [0.717, 1.165) is 25.9 Å². The second-order valence-corrected chi connectivity index (χ2v) is 6.16. The van der Waals surface area contributed by atoms with Crippen molar-refractivity contribution in [2.24, 2.45) is 0 Å². The molecule has 2 aliphatic rings. The molecule has 3 heterocycles.